The van der Waals surface area contributed by atoms with Crippen molar-refractivity contribution in [3.63, 3.8) is 0 Å². The number of hydrogen-bond donors (Lipinski definition) is 6. The van der Waals surface area contributed by atoms with Crippen LogP contribution in [0.25, 0.3) is 0 Å². The van der Waals surface area contributed by atoms with E-state index in [-0.39, 0.29) is 6.54 Å². The lowest BCUT2D eigenvalue weighted by Gasteiger charge is -2.43. The first-order chi connectivity index (χ1) is 12.7. The van der Waals surface area contributed by atoms with Gasteiger partial charge in [0, 0.05) is 13.7 Å². The van der Waals surface area contributed by atoms with E-state index in [1.165, 1.54) is 7.11 Å². The molecule has 0 unspecified atom stereocenters. The Kier molecular flexibility index (Phi) is 6.40. The van der Waals surface area contributed by atoms with Gasteiger partial charge in [-0.15, -0.1) is 0 Å². The second-order valence-electron chi connectivity index (χ2n) is 7.50. The quantitative estimate of drug-likeness (QED) is 0.276. The van der Waals surface area contributed by atoms with Crippen molar-refractivity contribution in [3.8, 4) is 0 Å². The minimum atomic E-state index is -1.45. The van der Waals surface area contributed by atoms with Crippen LogP contribution in [0.1, 0.15) is 13.8 Å². The molecule has 6 N–H and O–H groups in total. The van der Waals surface area contributed by atoms with Crippen molar-refractivity contribution < 1.29 is 49.2 Å². The third-order valence-electron chi connectivity index (χ3n) is 5.14. The fraction of sp³-hybridized carbons (Fsp3) is 1.00. The molecule has 3 aliphatic heterocycles. The van der Waals surface area contributed by atoms with Gasteiger partial charge in [0.2, 0.25) is 0 Å². The van der Waals surface area contributed by atoms with E-state index in [9.17, 15) is 25.5 Å². The highest BCUT2D eigenvalue weighted by molar-refractivity contribution is 4.99. The third kappa shape index (κ3) is 4.14. The summed E-state index contributed by atoms with van der Waals surface area (Å²) in [4.78, 5) is 0. The second kappa shape index (κ2) is 8.13. The van der Waals surface area contributed by atoms with Crippen LogP contribution in [0.2, 0.25) is 0 Å². The minimum Gasteiger partial charge on any atom is -0.394 e. The summed E-state index contributed by atoms with van der Waals surface area (Å²) in [6, 6.07) is -0.691. The molecule has 0 aliphatic carbocycles. The van der Waals surface area contributed by atoms with Crippen LogP contribution < -0.4 is 5.32 Å². The maximum atomic E-state index is 10.5. The van der Waals surface area contributed by atoms with Crippen LogP contribution >= 0.6 is 0 Å². The third-order valence-corrected chi connectivity index (χ3v) is 5.14. The summed E-state index contributed by atoms with van der Waals surface area (Å²) in [5.74, 6) is -0.929. The molecule has 0 bridgehead atoms. The van der Waals surface area contributed by atoms with Gasteiger partial charge in [-0.25, -0.2) is 0 Å². The average Bonchev–Trinajstić information content (AvgIpc) is 2.93. The van der Waals surface area contributed by atoms with E-state index in [2.05, 4.69) is 5.32 Å². The van der Waals surface area contributed by atoms with Gasteiger partial charge in [-0.2, -0.15) is 0 Å². The monoisotopic (exact) mass is 395 g/mol. The van der Waals surface area contributed by atoms with Gasteiger partial charge in [0.1, 0.15) is 42.7 Å². The van der Waals surface area contributed by atoms with Gasteiger partial charge in [-0.3, -0.25) is 0 Å². The molecule has 0 aromatic carbocycles. The summed E-state index contributed by atoms with van der Waals surface area (Å²) in [5.41, 5.74) is 0. The van der Waals surface area contributed by atoms with Crippen LogP contribution in [0.4, 0.5) is 0 Å². The smallest absolute Gasteiger partial charge is 0.189 e. The van der Waals surface area contributed by atoms with Crippen LogP contribution in [-0.4, -0.2) is 113 Å². The lowest BCUT2D eigenvalue weighted by molar-refractivity contribution is -0.289. The number of ether oxygens (including phenoxy) is 5. The van der Waals surface area contributed by atoms with Gasteiger partial charge in [-0.1, -0.05) is 0 Å². The maximum Gasteiger partial charge on any atom is 0.189 e. The van der Waals surface area contributed by atoms with Crippen LogP contribution in [0.5, 0.6) is 0 Å². The lowest BCUT2D eigenvalue weighted by Crippen LogP contribution is -2.65. The Morgan fingerprint density at radius 1 is 0.926 bits per heavy atom. The lowest BCUT2D eigenvalue weighted by atomic mass is 9.94. The second-order valence-corrected chi connectivity index (χ2v) is 7.50. The first-order valence-corrected chi connectivity index (χ1v) is 8.94. The predicted molar refractivity (Wildman–Crippen MR) is 87.3 cm³/mol. The normalized spacial score (nSPS) is 49.8. The summed E-state index contributed by atoms with van der Waals surface area (Å²) in [5, 5.41) is 53.0. The zero-order valence-corrected chi connectivity index (χ0v) is 15.5. The highest BCUT2D eigenvalue weighted by Crippen LogP contribution is 2.36. The summed E-state index contributed by atoms with van der Waals surface area (Å²) in [6.07, 6.45) is -9.63. The number of aliphatic hydroxyl groups excluding tert-OH is 5. The topological polar surface area (TPSA) is 159 Å². The van der Waals surface area contributed by atoms with E-state index < -0.39 is 73.7 Å². The van der Waals surface area contributed by atoms with E-state index in [0.29, 0.717) is 0 Å². The van der Waals surface area contributed by atoms with Gasteiger partial charge < -0.3 is 54.5 Å². The molecule has 0 aromatic heterocycles. The molecular weight excluding hydrogens is 366 g/mol. The van der Waals surface area contributed by atoms with Gasteiger partial charge in [0.25, 0.3) is 0 Å². The first kappa shape index (κ1) is 21.3. The largest absolute Gasteiger partial charge is 0.394 e. The molecule has 3 rings (SSSR count). The summed E-state index contributed by atoms with van der Waals surface area (Å²) >= 11 is 0. The van der Waals surface area contributed by atoms with Gasteiger partial charge in [-0.05, 0) is 13.8 Å². The molecule has 0 saturated carbocycles. The Bertz CT molecular complexity index is 506. The number of aliphatic hydroxyl groups is 5. The minimum absolute atomic E-state index is 0.0116. The molecule has 3 fully saturated rings. The van der Waals surface area contributed by atoms with Crippen molar-refractivity contribution in [2.75, 3.05) is 20.3 Å². The molecular formula is C16H29NO10. The molecule has 3 heterocycles. The SMILES string of the molecule is CO[C@H]1O[C@H](CN[C@@H]2[C@H](O)[C@@H](CO)O[C@@H]3OC(C)(C)O[C@@H]32)[C@@H](O)[C@H](O)[C@H]1O. The average molecular weight is 395 g/mol. The number of hydrogen-bond acceptors (Lipinski definition) is 11. The van der Waals surface area contributed by atoms with Crippen LogP contribution in [0.15, 0.2) is 0 Å². The summed E-state index contributed by atoms with van der Waals surface area (Å²) < 4.78 is 27.5. The molecule has 158 valence electrons. The van der Waals surface area contributed by atoms with Crippen molar-refractivity contribution in [1.82, 2.24) is 5.32 Å². The number of rotatable bonds is 5. The van der Waals surface area contributed by atoms with Crippen LogP contribution in [-0.2, 0) is 23.7 Å². The predicted octanol–water partition coefficient (Wildman–Crippen LogP) is -3.37. The van der Waals surface area contributed by atoms with E-state index in [4.69, 9.17) is 23.7 Å². The van der Waals surface area contributed by atoms with Crippen molar-refractivity contribution in [2.45, 2.75) is 81.0 Å². The van der Waals surface area contributed by atoms with E-state index in [0.717, 1.165) is 0 Å². The van der Waals surface area contributed by atoms with Gasteiger partial charge in [0.05, 0.1) is 12.6 Å². The Balaban J connectivity index is 1.69. The molecule has 0 aromatic rings. The molecule has 10 atom stereocenters. The zero-order chi connectivity index (χ0) is 19.9. The fourth-order valence-corrected chi connectivity index (χ4v) is 3.70. The molecule has 3 aliphatic rings. The summed E-state index contributed by atoms with van der Waals surface area (Å²) in [7, 11) is 1.31. The van der Waals surface area contributed by atoms with Gasteiger partial charge >= 0.3 is 0 Å². The van der Waals surface area contributed by atoms with E-state index >= 15 is 0 Å². The van der Waals surface area contributed by atoms with E-state index in [1.807, 2.05) is 0 Å². The molecule has 27 heavy (non-hydrogen) atoms. The van der Waals surface area contributed by atoms with Crippen molar-refractivity contribution >= 4 is 0 Å². The molecule has 0 radical (unpaired) electrons. The Labute approximate surface area is 156 Å². The molecule has 0 amide bonds. The van der Waals surface area contributed by atoms with E-state index in [1.54, 1.807) is 13.8 Å². The standard InChI is InChI=1S/C16H29NO10/c1-16(2)26-13-8(9(19)7(5-18)25-15(13)27-16)17-4-6-10(20)11(21)12(22)14(23-3)24-6/h6-15,17-22H,4-5H2,1-3H3/t6-,7-,8-,9-,10-,11+,12-,13-,14+,15-/m1/s1. The van der Waals surface area contributed by atoms with Crippen molar-refractivity contribution in [2.24, 2.45) is 0 Å². The highest BCUT2D eigenvalue weighted by Gasteiger charge is 2.54. The van der Waals surface area contributed by atoms with Crippen LogP contribution in [0, 0.1) is 0 Å². The Morgan fingerprint density at radius 3 is 2.26 bits per heavy atom. The molecule has 3 saturated heterocycles. The molecule has 11 nitrogen and oxygen atoms in total. The van der Waals surface area contributed by atoms with Gasteiger partial charge in [0.15, 0.2) is 18.4 Å². The van der Waals surface area contributed by atoms with Crippen LogP contribution in [0.3, 0.4) is 0 Å². The van der Waals surface area contributed by atoms with Crippen molar-refractivity contribution in [3.05, 3.63) is 0 Å². The summed E-state index contributed by atoms with van der Waals surface area (Å²) in [6.45, 7) is 3.02. The molecule has 0 spiro atoms. The maximum absolute atomic E-state index is 10.5. The Morgan fingerprint density at radius 2 is 1.63 bits per heavy atom. The van der Waals surface area contributed by atoms with Crippen molar-refractivity contribution in [1.29, 1.82) is 0 Å². The zero-order valence-electron chi connectivity index (χ0n) is 15.5. The fourth-order valence-electron chi connectivity index (χ4n) is 3.70. The number of nitrogens with one attached hydrogen (secondary N) is 1. The molecule has 11 heteroatoms. The Hall–Kier alpha value is -0.440. The number of methoxy groups -OCH3 is 1. The number of fused-ring (bicyclic) bond motifs is 1. The highest BCUT2D eigenvalue weighted by atomic mass is 16.8. The first-order valence-electron chi connectivity index (χ1n) is 8.94.